The number of allylic oxidation sites excluding steroid dienone is 2. The number of nitrogens with zero attached hydrogens (tertiary/aromatic N) is 7. The van der Waals surface area contributed by atoms with Gasteiger partial charge in [0.2, 0.25) is 5.95 Å². The van der Waals surface area contributed by atoms with Gasteiger partial charge in [-0.15, -0.1) is 0 Å². The molecule has 1 saturated carbocycles. The SMILES string of the molecule is CN1Cc2cc(Nc3ncc4c(=O)n5n(c4n3)-c3ccc4c(n3)N(CCCC=CC5)C(=O)CO4)ccc2C2(CC2)C1. The lowest BCUT2D eigenvalue weighted by molar-refractivity contribution is -0.121. The van der Waals surface area contributed by atoms with E-state index in [1.165, 1.54) is 24.0 Å². The van der Waals surface area contributed by atoms with Gasteiger partial charge in [-0.25, -0.2) is 19.3 Å². The van der Waals surface area contributed by atoms with Crippen LogP contribution in [0.3, 0.4) is 0 Å². The number of carbonyl (C=O) groups excluding carboxylic acids is 1. The standard InChI is InChI=1S/C30H30N8O3/c1-35-16-19-14-20(6-7-22(19)30(18-35)10-11-30)32-29-31-15-21-26(34-29)38-24-9-8-23-27(33-24)36(25(39)17-41-23)12-4-2-3-5-13-37(38)28(21)40/h3,5-9,14-15H,2,4,10-13,16-18H2,1H3,(H,31,32,34). The highest BCUT2D eigenvalue weighted by Crippen LogP contribution is 2.52. The number of likely N-dealkylation sites (N-methyl/N-ethyl adjacent to an activating group) is 1. The van der Waals surface area contributed by atoms with Crippen LogP contribution in [0.1, 0.15) is 36.8 Å². The zero-order chi connectivity index (χ0) is 27.7. The van der Waals surface area contributed by atoms with Crippen molar-refractivity contribution in [3.8, 4) is 11.6 Å². The van der Waals surface area contributed by atoms with E-state index < -0.39 is 0 Å². The van der Waals surface area contributed by atoms with Crippen molar-refractivity contribution >= 4 is 34.4 Å². The molecule has 3 aromatic heterocycles. The van der Waals surface area contributed by atoms with Gasteiger partial charge >= 0.3 is 0 Å². The molecular weight excluding hydrogens is 520 g/mol. The van der Waals surface area contributed by atoms with Gasteiger partial charge in [0.1, 0.15) is 5.39 Å². The number of fused-ring (bicyclic) bond motifs is 7. The zero-order valence-corrected chi connectivity index (χ0v) is 22.8. The Balaban J connectivity index is 1.23. The van der Waals surface area contributed by atoms with Crippen molar-refractivity contribution in [2.45, 2.75) is 44.2 Å². The molecule has 6 heterocycles. The van der Waals surface area contributed by atoms with Crippen molar-refractivity contribution in [3.63, 3.8) is 0 Å². The monoisotopic (exact) mass is 550 g/mol. The fraction of sp³-hybridized carbons (Fsp3) is 0.367. The Hall–Kier alpha value is -4.51. The van der Waals surface area contributed by atoms with E-state index in [0.29, 0.717) is 52.9 Å². The molecule has 11 nitrogen and oxygen atoms in total. The van der Waals surface area contributed by atoms with Gasteiger partial charge in [0, 0.05) is 36.9 Å². The number of hydrogen-bond acceptors (Lipinski definition) is 8. The predicted molar refractivity (Wildman–Crippen MR) is 154 cm³/mol. The van der Waals surface area contributed by atoms with Crippen LogP contribution in [-0.4, -0.2) is 61.9 Å². The van der Waals surface area contributed by atoms with E-state index in [1.54, 1.807) is 32.6 Å². The van der Waals surface area contributed by atoms with Crippen LogP contribution >= 0.6 is 0 Å². The van der Waals surface area contributed by atoms with Gasteiger partial charge in [0.15, 0.2) is 29.6 Å². The molecule has 8 rings (SSSR count). The van der Waals surface area contributed by atoms with Crippen LogP contribution in [0.2, 0.25) is 0 Å². The van der Waals surface area contributed by atoms with E-state index in [1.807, 2.05) is 12.2 Å². The van der Waals surface area contributed by atoms with E-state index in [0.717, 1.165) is 31.6 Å². The average molecular weight is 551 g/mol. The van der Waals surface area contributed by atoms with Crippen molar-refractivity contribution in [2.75, 3.05) is 37.0 Å². The summed E-state index contributed by atoms with van der Waals surface area (Å²) in [5, 5.41) is 3.76. The minimum absolute atomic E-state index is 0.0107. The fourth-order valence-electron chi connectivity index (χ4n) is 6.54. The summed E-state index contributed by atoms with van der Waals surface area (Å²) < 4.78 is 8.99. The number of anilines is 3. The average Bonchev–Trinajstić information content (AvgIpc) is 3.66. The van der Waals surface area contributed by atoms with Crippen molar-refractivity contribution in [1.29, 1.82) is 0 Å². The van der Waals surface area contributed by atoms with Gasteiger partial charge in [-0.1, -0.05) is 18.2 Å². The van der Waals surface area contributed by atoms with Crippen LogP contribution in [0.5, 0.6) is 5.75 Å². The number of nitrogens with one attached hydrogen (secondary N) is 1. The highest BCUT2D eigenvalue weighted by Gasteiger charge is 2.48. The van der Waals surface area contributed by atoms with Gasteiger partial charge < -0.3 is 15.0 Å². The van der Waals surface area contributed by atoms with Crippen LogP contribution in [0, 0.1) is 0 Å². The second kappa shape index (κ2) is 9.00. The van der Waals surface area contributed by atoms with Crippen molar-refractivity contribution in [2.24, 2.45) is 0 Å². The van der Waals surface area contributed by atoms with E-state index >= 15 is 0 Å². The Morgan fingerprint density at radius 2 is 1.98 bits per heavy atom. The molecule has 4 aromatic rings. The second-order valence-corrected chi connectivity index (χ2v) is 11.5. The Labute approximate surface area is 236 Å². The van der Waals surface area contributed by atoms with Crippen molar-refractivity contribution in [3.05, 3.63) is 70.2 Å². The molecule has 11 heteroatoms. The maximum Gasteiger partial charge on any atom is 0.278 e. The maximum atomic E-state index is 13.5. The van der Waals surface area contributed by atoms with E-state index in [9.17, 15) is 9.59 Å². The van der Waals surface area contributed by atoms with Gasteiger partial charge in [-0.3, -0.25) is 14.5 Å². The van der Waals surface area contributed by atoms with E-state index in [4.69, 9.17) is 14.7 Å². The molecule has 0 atom stereocenters. The first-order valence-corrected chi connectivity index (χ1v) is 14.2. The molecule has 0 unspecified atom stereocenters. The molecule has 4 aliphatic rings. The van der Waals surface area contributed by atoms with Crippen molar-refractivity contribution < 1.29 is 9.53 Å². The third-order valence-corrected chi connectivity index (χ3v) is 8.62. The largest absolute Gasteiger partial charge is 0.480 e. The van der Waals surface area contributed by atoms with Crippen molar-refractivity contribution in [1.82, 2.24) is 29.2 Å². The Morgan fingerprint density at radius 3 is 2.85 bits per heavy atom. The number of ether oxygens (including phenoxy) is 1. The lowest BCUT2D eigenvalue weighted by atomic mass is 9.87. The summed E-state index contributed by atoms with van der Waals surface area (Å²) in [5.74, 6) is 1.75. The smallest absolute Gasteiger partial charge is 0.278 e. The number of aromatic nitrogens is 5. The van der Waals surface area contributed by atoms with Crippen LogP contribution < -0.4 is 20.5 Å². The van der Waals surface area contributed by atoms with Crippen LogP contribution in [0.25, 0.3) is 16.9 Å². The first-order valence-electron chi connectivity index (χ1n) is 14.2. The molecule has 1 aliphatic carbocycles. The minimum Gasteiger partial charge on any atom is -0.480 e. The fourth-order valence-corrected chi connectivity index (χ4v) is 6.54. The van der Waals surface area contributed by atoms with Gasteiger partial charge in [0.05, 0.1) is 6.54 Å². The number of carbonyl (C=O) groups is 1. The maximum absolute atomic E-state index is 13.5. The summed E-state index contributed by atoms with van der Waals surface area (Å²) in [4.78, 5) is 44.5. The van der Waals surface area contributed by atoms with Crippen LogP contribution in [0.4, 0.5) is 17.5 Å². The molecule has 1 spiro atoms. The molecular formula is C30H30N8O3. The third kappa shape index (κ3) is 3.94. The molecule has 1 fully saturated rings. The number of hydrogen-bond donors (Lipinski definition) is 1. The Bertz CT molecular complexity index is 1820. The molecule has 1 aromatic carbocycles. The van der Waals surface area contributed by atoms with E-state index in [2.05, 4.69) is 40.4 Å². The molecule has 2 bridgehead atoms. The van der Waals surface area contributed by atoms with Crippen LogP contribution in [-0.2, 0) is 23.3 Å². The molecule has 41 heavy (non-hydrogen) atoms. The quantitative estimate of drug-likeness (QED) is 0.379. The van der Waals surface area contributed by atoms with Gasteiger partial charge in [-0.2, -0.15) is 4.98 Å². The molecule has 0 saturated heterocycles. The molecule has 208 valence electrons. The summed E-state index contributed by atoms with van der Waals surface area (Å²) >= 11 is 0. The number of pyridine rings is 1. The summed E-state index contributed by atoms with van der Waals surface area (Å²) in [6, 6.07) is 10.1. The number of amides is 1. The Kier molecular flexibility index (Phi) is 5.33. The lowest BCUT2D eigenvalue weighted by Crippen LogP contribution is -2.40. The molecule has 3 aliphatic heterocycles. The zero-order valence-electron chi connectivity index (χ0n) is 22.8. The summed E-state index contributed by atoms with van der Waals surface area (Å²) in [7, 11) is 2.18. The number of rotatable bonds is 2. The Morgan fingerprint density at radius 1 is 1.07 bits per heavy atom. The highest BCUT2D eigenvalue weighted by atomic mass is 16.5. The predicted octanol–water partition coefficient (Wildman–Crippen LogP) is 3.27. The normalized spacial score (nSPS) is 19.2. The molecule has 1 N–H and O–H groups in total. The topological polar surface area (TPSA) is 110 Å². The highest BCUT2D eigenvalue weighted by molar-refractivity contribution is 5.96. The van der Waals surface area contributed by atoms with Gasteiger partial charge in [-0.05, 0) is 68.1 Å². The molecule has 0 radical (unpaired) electrons. The van der Waals surface area contributed by atoms with Gasteiger partial charge in [0.25, 0.3) is 11.5 Å². The third-order valence-electron chi connectivity index (χ3n) is 8.62. The lowest BCUT2D eigenvalue weighted by Gasteiger charge is -2.32. The second-order valence-electron chi connectivity index (χ2n) is 11.5. The van der Waals surface area contributed by atoms with Crippen LogP contribution in [0.15, 0.2) is 53.5 Å². The summed E-state index contributed by atoms with van der Waals surface area (Å²) in [6.07, 6.45) is 9.64. The molecule has 1 amide bonds. The summed E-state index contributed by atoms with van der Waals surface area (Å²) in [6.45, 7) is 2.92. The number of benzene rings is 1. The van der Waals surface area contributed by atoms with E-state index in [-0.39, 0.29) is 18.1 Å². The first-order chi connectivity index (χ1) is 20.0. The first kappa shape index (κ1) is 24.3. The summed E-state index contributed by atoms with van der Waals surface area (Å²) in [5.41, 5.74) is 4.25. The minimum atomic E-state index is -0.205.